The largest absolute Gasteiger partial charge is 0.465 e. The van der Waals surface area contributed by atoms with Gasteiger partial charge in [0, 0.05) is 50.7 Å². The average Bonchev–Trinajstić information content (AvgIpc) is 3.17. The molecule has 0 spiro atoms. The minimum atomic E-state index is -0.199. The van der Waals surface area contributed by atoms with E-state index in [1.165, 1.54) is 6.08 Å². The standard InChI is InChI=1S/C19H24N4O2S/c1-22-9-11-23(12-10-22)13-15-26-19-17(5-2-8-20-19)21-18(24)7-6-16-4-3-14-25-16/h2-8,14H,9-13,15H2,1H3,(H,21,24)/b7-6+. The van der Waals surface area contributed by atoms with Crippen molar-refractivity contribution in [1.29, 1.82) is 0 Å². The van der Waals surface area contributed by atoms with E-state index >= 15 is 0 Å². The maximum absolute atomic E-state index is 12.1. The van der Waals surface area contributed by atoms with Gasteiger partial charge < -0.3 is 14.6 Å². The zero-order valence-corrected chi connectivity index (χ0v) is 15.7. The number of rotatable bonds is 7. The first-order valence-electron chi connectivity index (χ1n) is 8.72. The third-order valence-electron chi connectivity index (χ3n) is 4.21. The molecule has 1 saturated heterocycles. The first kappa shape index (κ1) is 18.7. The van der Waals surface area contributed by atoms with Crippen molar-refractivity contribution in [2.75, 3.05) is 50.8 Å². The van der Waals surface area contributed by atoms with Crippen molar-refractivity contribution in [1.82, 2.24) is 14.8 Å². The van der Waals surface area contributed by atoms with E-state index in [4.69, 9.17) is 4.42 Å². The lowest BCUT2D eigenvalue weighted by molar-refractivity contribution is -0.111. The van der Waals surface area contributed by atoms with E-state index in [-0.39, 0.29) is 5.91 Å². The zero-order chi connectivity index (χ0) is 18.2. The molecule has 2 aromatic rings. The van der Waals surface area contributed by atoms with Crippen LogP contribution in [0.3, 0.4) is 0 Å². The summed E-state index contributed by atoms with van der Waals surface area (Å²) in [5.74, 6) is 1.40. The summed E-state index contributed by atoms with van der Waals surface area (Å²) >= 11 is 1.68. The number of thioether (sulfide) groups is 1. The summed E-state index contributed by atoms with van der Waals surface area (Å²) in [7, 11) is 2.16. The highest BCUT2D eigenvalue weighted by molar-refractivity contribution is 7.99. The smallest absolute Gasteiger partial charge is 0.248 e. The summed E-state index contributed by atoms with van der Waals surface area (Å²) in [6.07, 6.45) is 6.44. The number of hydrogen-bond acceptors (Lipinski definition) is 6. The molecule has 0 radical (unpaired) electrons. The van der Waals surface area contributed by atoms with E-state index < -0.39 is 0 Å². The molecule has 3 heterocycles. The zero-order valence-electron chi connectivity index (χ0n) is 14.9. The van der Waals surface area contributed by atoms with E-state index in [1.807, 2.05) is 12.1 Å². The predicted molar refractivity (Wildman–Crippen MR) is 105 cm³/mol. The molecule has 2 aromatic heterocycles. The van der Waals surface area contributed by atoms with Crippen LogP contribution in [0, 0.1) is 0 Å². The van der Waals surface area contributed by atoms with E-state index in [1.54, 1.807) is 42.4 Å². The lowest BCUT2D eigenvalue weighted by Crippen LogP contribution is -2.45. The SMILES string of the molecule is CN1CCN(CCSc2ncccc2NC(=O)/C=C/c2ccco2)CC1. The maximum Gasteiger partial charge on any atom is 0.248 e. The molecule has 0 saturated carbocycles. The van der Waals surface area contributed by atoms with Crippen molar-refractivity contribution in [3.05, 3.63) is 48.6 Å². The van der Waals surface area contributed by atoms with Gasteiger partial charge >= 0.3 is 0 Å². The highest BCUT2D eigenvalue weighted by Crippen LogP contribution is 2.24. The van der Waals surface area contributed by atoms with Crippen LogP contribution in [0.4, 0.5) is 5.69 Å². The molecule has 6 nitrogen and oxygen atoms in total. The molecule has 1 fully saturated rings. The molecule has 1 amide bonds. The van der Waals surface area contributed by atoms with Gasteiger partial charge in [0.15, 0.2) is 0 Å². The quantitative estimate of drug-likeness (QED) is 0.596. The fourth-order valence-corrected chi connectivity index (χ4v) is 3.61. The molecule has 0 aromatic carbocycles. The number of piperazine rings is 1. The summed E-state index contributed by atoms with van der Waals surface area (Å²) in [6.45, 7) is 5.50. The molecule has 0 aliphatic carbocycles. The topological polar surface area (TPSA) is 61.6 Å². The number of carbonyl (C=O) groups excluding carboxylic acids is 1. The minimum Gasteiger partial charge on any atom is -0.465 e. The van der Waals surface area contributed by atoms with Crippen molar-refractivity contribution in [3.8, 4) is 0 Å². The van der Waals surface area contributed by atoms with Crippen molar-refractivity contribution in [3.63, 3.8) is 0 Å². The Hall–Kier alpha value is -2.09. The number of hydrogen-bond donors (Lipinski definition) is 1. The number of likely N-dealkylation sites (N-methyl/N-ethyl adjacent to an activating group) is 1. The number of anilines is 1. The van der Waals surface area contributed by atoms with E-state index in [0.29, 0.717) is 5.76 Å². The summed E-state index contributed by atoms with van der Waals surface area (Å²) in [4.78, 5) is 21.4. The Kier molecular flexibility index (Phi) is 6.88. The fourth-order valence-electron chi connectivity index (χ4n) is 2.66. The Balaban J connectivity index is 1.50. The van der Waals surface area contributed by atoms with Gasteiger partial charge in [0.25, 0.3) is 0 Å². The van der Waals surface area contributed by atoms with Gasteiger partial charge in [-0.15, -0.1) is 11.8 Å². The van der Waals surface area contributed by atoms with E-state index in [2.05, 4.69) is 27.1 Å². The Morgan fingerprint density at radius 3 is 2.92 bits per heavy atom. The second-order valence-corrected chi connectivity index (χ2v) is 7.27. The minimum absolute atomic E-state index is 0.199. The molecule has 7 heteroatoms. The van der Waals surface area contributed by atoms with Gasteiger partial charge in [0.2, 0.25) is 5.91 Å². The first-order valence-corrected chi connectivity index (χ1v) is 9.70. The molecule has 26 heavy (non-hydrogen) atoms. The number of furan rings is 1. The Morgan fingerprint density at radius 1 is 1.31 bits per heavy atom. The van der Waals surface area contributed by atoms with Crippen molar-refractivity contribution in [2.45, 2.75) is 5.03 Å². The van der Waals surface area contributed by atoms with Crippen LogP contribution in [-0.2, 0) is 4.79 Å². The molecular formula is C19H24N4O2S. The first-order chi connectivity index (χ1) is 12.7. The van der Waals surface area contributed by atoms with Gasteiger partial charge in [0.05, 0.1) is 12.0 Å². The second-order valence-electron chi connectivity index (χ2n) is 6.19. The van der Waals surface area contributed by atoms with E-state index in [9.17, 15) is 4.79 Å². The van der Waals surface area contributed by atoms with Crippen LogP contribution >= 0.6 is 11.8 Å². The van der Waals surface area contributed by atoms with Gasteiger partial charge in [0.1, 0.15) is 10.8 Å². The van der Waals surface area contributed by atoms with Crippen LogP contribution in [0.5, 0.6) is 0 Å². The molecule has 138 valence electrons. The van der Waals surface area contributed by atoms with Gasteiger partial charge in [-0.3, -0.25) is 9.69 Å². The molecule has 0 unspecified atom stereocenters. The molecule has 3 rings (SSSR count). The van der Waals surface area contributed by atoms with Crippen molar-refractivity contribution >= 4 is 29.4 Å². The molecule has 1 aliphatic rings. The van der Waals surface area contributed by atoms with Gasteiger partial charge in [-0.25, -0.2) is 4.98 Å². The monoisotopic (exact) mass is 372 g/mol. The van der Waals surface area contributed by atoms with Crippen LogP contribution in [0.15, 0.2) is 52.2 Å². The highest BCUT2D eigenvalue weighted by atomic mass is 32.2. The van der Waals surface area contributed by atoms with Crippen LogP contribution in [0.1, 0.15) is 5.76 Å². The lowest BCUT2D eigenvalue weighted by Gasteiger charge is -2.32. The Bertz CT molecular complexity index is 725. The lowest BCUT2D eigenvalue weighted by atomic mass is 10.3. The Labute approximate surface area is 158 Å². The Morgan fingerprint density at radius 2 is 2.15 bits per heavy atom. The summed E-state index contributed by atoms with van der Waals surface area (Å²) in [5, 5.41) is 3.74. The van der Waals surface area contributed by atoms with Gasteiger partial charge in [-0.05, 0) is 37.4 Å². The normalized spacial score (nSPS) is 16.2. The van der Waals surface area contributed by atoms with Crippen molar-refractivity contribution < 1.29 is 9.21 Å². The van der Waals surface area contributed by atoms with Crippen molar-refractivity contribution in [2.24, 2.45) is 0 Å². The van der Waals surface area contributed by atoms with Crippen LogP contribution in [-0.4, -0.2) is 66.2 Å². The van der Waals surface area contributed by atoms with Gasteiger partial charge in [-0.2, -0.15) is 0 Å². The second kappa shape index (κ2) is 9.56. The number of aromatic nitrogens is 1. The third-order valence-corrected chi connectivity index (χ3v) is 5.20. The summed E-state index contributed by atoms with van der Waals surface area (Å²) in [6, 6.07) is 7.29. The van der Waals surface area contributed by atoms with E-state index in [0.717, 1.165) is 49.2 Å². The van der Waals surface area contributed by atoms with Crippen LogP contribution in [0.2, 0.25) is 0 Å². The third kappa shape index (κ3) is 5.72. The average molecular weight is 372 g/mol. The number of pyridine rings is 1. The fraction of sp³-hybridized carbons (Fsp3) is 0.368. The number of nitrogens with one attached hydrogen (secondary N) is 1. The summed E-state index contributed by atoms with van der Waals surface area (Å²) < 4.78 is 5.18. The number of amides is 1. The summed E-state index contributed by atoms with van der Waals surface area (Å²) in [5.41, 5.74) is 0.741. The molecule has 1 N–H and O–H groups in total. The van der Waals surface area contributed by atoms with Crippen LogP contribution in [0.25, 0.3) is 6.08 Å². The highest BCUT2D eigenvalue weighted by Gasteiger charge is 2.14. The predicted octanol–water partition coefficient (Wildman–Crippen LogP) is 2.67. The van der Waals surface area contributed by atoms with Crippen LogP contribution < -0.4 is 5.32 Å². The number of carbonyl (C=O) groups is 1. The van der Waals surface area contributed by atoms with Gasteiger partial charge in [-0.1, -0.05) is 0 Å². The molecule has 1 aliphatic heterocycles. The number of nitrogens with zero attached hydrogens (tertiary/aromatic N) is 3. The molecule has 0 bridgehead atoms. The molecular weight excluding hydrogens is 348 g/mol. The molecule has 0 atom stereocenters. The maximum atomic E-state index is 12.1.